The van der Waals surface area contributed by atoms with Gasteiger partial charge >= 0.3 is 0 Å². The molecular formula is C24H46O11. The van der Waals surface area contributed by atoms with Crippen LogP contribution in [0.3, 0.4) is 0 Å². The zero-order chi connectivity index (χ0) is 25.8. The third-order valence-electron chi connectivity index (χ3n) is 6.74. The van der Waals surface area contributed by atoms with Crippen LogP contribution >= 0.6 is 0 Å². The van der Waals surface area contributed by atoms with E-state index in [4.69, 9.17) is 18.9 Å². The molecular weight excluding hydrogens is 464 g/mol. The number of unbranched alkanes of at least 4 members (excludes halogenated alkanes) is 9. The molecule has 208 valence electrons. The summed E-state index contributed by atoms with van der Waals surface area (Å²) >= 11 is 0. The van der Waals surface area contributed by atoms with Crippen LogP contribution in [0.2, 0.25) is 0 Å². The lowest BCUT2D eigenvalue weighted by Gasteiger charge is -2.45. The van der Waals surface area contributed by atoms with Gasteiger partial charge in [0.25, 0.3) is 0 Å². The Morgan fingerprint density at radius 2 is 1.09 bits per heavy atom. The molecule has 10 atom stereocenters. The Balaban J connectivity index is 1.74. The molecule has 2 heterocycles. The average Bonchev–Trinajstić information content (AvgIpc) is 2.86. The summed E-state index contributed by atoms with van der Waals surface area (Å²) in [6.07, 6.45) is -2.63. The van der Waals surface area contributed by atoms with Crippen LogP contribution in [0.25, 0.3) is 0 Å². The highest BCUT2D eigenvalue weighted by molar-refractivity contribution is 4.94. The Hall–Kier alpha value is -0.440. The van der Waals surface area contributed by atoms with Crippen molar-refractivity contribution < 1.29 is 54.7 Å². The summed E-state index contributed by atoms with van der Waals surface area (Å²) in [5.41, 5.74) is 0. The van der Waals surface area contributed by atoms with Gasteiger partial charge in [0.05, 0.1) is 13.2 Å². The summed E-state index contributed by atoms with van der Waals surface area (Å²) in [6, 6.07) is 0. The van der Waals surface area contributed by atoms with Gasteiger partial charge in [-0.25, -0.2) is 0 Å². The first kappa shape index (κ1) is 30.8. The van der Waals surface area contributed by atoms with Crippen molar-refractivity contribution in [3.05, 3.63) is 0 Å². The number of ether oxygens (including phenoxy) is 4. The van der Waals surface area contributed by atoms with E-state index in [0.29, 0.717) is 6.61 Å². The second kappa shape index (κ2) is 16.4. The molecule has 2 aliphatic rings. The molecule has 0 radical (unpaired) electrons. The molecule has 11 nitrogen and oxygen atoms in total. The van der Waals surface area contributed by atoms with E-state index in [0.717, 1.165) is 19.3 Å². The minimum Gasteiger partial charge on any atom is -0.394 e. The largest absolute Gasteiger partial charge is 0.394 e. The summed E-state index contributed by atoms with van der Waals surface area (Å²) in [6.45, 7) is 1.31. The van der Waals surface area contributed by atoms with Crippen molar-refractivity contribution in [3.8, 4) is 0 Å². The minimum atomic E-state index is -1.69. The van der Waals surface area contributed by atoms with E-state index in [1.165, 1.54) is 44.9 Å². The fraction of sp³-hybridized carbons (Fsp3) is 1.00. The summed E-state index contributed by atoms with van der Waals surface area (Å²) in [5, 5.41) is 70.1. The van der Waals surface area contributed by atoms with Gasteiger partial charge in [-0.3, -0.25) is 0 Å². The maximum atomic E-state index is 10.6. The Morgan fingerprint density at radius 3 is 1.66 bits per heavy atom. The number of rotatable bonds is 16. The predicted molar refractivity (Wildman–Crippen MR) is 124 cm³/mol. The molecule has 7 N–H and O–H groups in total. The second-order valence-corrected chi connectivity index (χ2v) is 9.56. The molecule has 0 spiro atoms. The third-order valence-corrected chi connectivity index (χ3v) is 6.74. The fourth-order valence-corrected chi connectivity index (χ4v) is 4.48. The van der Waals surface area contributed by atoms with Gasteiger partial charge in [-0.05, 0) is 6.42 Å². The van der Waals surface area contributed by atoms with Crippen LogP contribution < -0.4 is 0 Å². The van der Waals surface area contributed by atoms with E-state index >= 15 is 0 Å². The molecule has 0 saturated carbocycles. The molecule has 0 aromatic heterocycles. The standard InChI is InChI=1S/C24H46O11/c1-2-3-4-5-6-7-8-9-10-11-12-32-23-21(31)19(29)22(16(14-26)34-23)35-24-20(30)18(28)17(27)15(13-25)33-24/h15-31H,2-14H2,1H3/t15?,16?,17-,18?,19?,20-,21-,22+,23+,24-/m0/s1. The molecule has 0 amide bonds. The van der Waals surface area contributed by atoms with Crippen molar-refractivity contribution in [1.82, 2.24) is 0 Å². The van der Waals surface area contributed by atoms with Crippen molar-refractivity contribution in [3.63, 3.8) is 0 Å². The highest BCUT2D eigenvalue weighted by atomic mass is 16.7. The van der Waals surface area contributed by atoms with Crippen LogP contribution in [0.4, 0.5) is 0 Å². The second-order valence-electron chi connectivity index (χ2n) is 9.56. The van der Waals surface area contributed by atoms with Gasteiger partial charge < -0.3 is 54.7 Å². The van der Waals surface area contributed by atoms with Gasteiger partial charge in [0.1, 0.15) is 48.8 Å². The summed E-state index contributed by atoms with van der Waals surface area (Å²) in [4.78, 5) is 0. The zero-order valence-corrected chi connectivity index (χ0v) is 20.7. The smallest absolute Gasteiger partial charge is 0.187 e. The van der Waals surface area contributed by atoms with E-state index in [1.807, 2.05) is 0 Å². The van der Waals surface area contributed by atoms with Gasteiger partial charge in [-0.1, -0.05) is 64.7 Å². The maximum Gasteiger partial charge on any atom is 0.187 e. The normalized spacial score (nSPS) is 38.1. The maximum absolute atomic E-state index is 10.6. The molecule has 2 saturated heterocycles. The summed E-state index contributed by atoms with van der Waals surface area (Å²) in [5.74, 6) is 0. The first-order chi connectivity index (χ1) is 16.8. The van der Waals surface area contributed by atoms with Crippen LogP contribution in [0.15, 0.2) is 0 Å². The molecule has 0 aromatic carbocycles. The van der Waals surface area contributed by atoms with Crippen LogP contribution in [-0.2, 0) is 18.9 Å². The highest BCUT2D eigenvalue weighted by Crippen LogP contribution is 2.29. The molecule has 4 unspecified atom stereocenters. The molecule has 35 heavy (non-hydrogen) atoms. The summed E-state index contributed by atoms with van der Waals surface area (Å²) < 4.78 is 22.0. The summed E-state index contributed by atoms with van der Waals surface area (Å²) in [7, 11) is 0. The van der Waals surface area contributed by atoms with Gasteiger partial charge in [0.15, 0.2) is 12.6 Å². The van der Waals surface area contributed by atoms with Crippen molar-refractivity contribution in [2.45, 2.75) is 133 Å². The van der Waals surface area contributed by atoms with E-state index in [-0.39, 0.29) is 0 Å². The Morgan fingerprint density at radius 1 is 0.571 bits per heavy atom. The fourth-order valence-electron chi connectivity index (χ4n) is 4.48. The first-order valence-electron chi connectivity index (χ1n) is 13.1. The zero-order valence-electron chi connectivity index (χ0n) is 20.7. The third kappa shape index (κ3) is 9.11. The molecule has 0 aliphatic carbocycles. The van der Waals surface area contributed by atoms with E-state index in [2.05, 4.69) is 6.92 Å². The van der Waals surface area contributed by atoms with E-state index in [1.54, 1.807) is 0 Å². The van der Waals surface area contributed by atoms with Crippen molar-refractivity contribution >= 4 is 0 Å². The Kier molecular flexibility index (Phi) is 14.4. The van der Waals surface area contributed by atoms with Crippen molar-refractivity contribution in [2.24, 2.45) is 0 Å². The molecule has 2 aliphatic heterocycles. The molecule has 2 rings (SSSR count). The highest BCUT2D eigenvalue weighted by Gasteiger charge is 2.50. The topological polar surface area (TPSA) is 179 Å². The van der Waals surface area contributed by atoms with Crippen molar-refractivity contribution in [1.29, 1.82) is 0 Å². The Labute approximate surface area is 207 Å². The SMILES string of the molecule is CCCCCCCCCCCCO[C@@H]1OC(CO)[C@@H](O[C@@H]2OC(CO)[C@H](O)C(O)[C@@H]2O)C(O)[C@@H]1O. The van der Waals surface area contributed by atoms with Crippen LogP contribution in [0.1, 0.15) is 71.1 Å². The van der Waals surface area contributed by atoms with E-state index < -0.39 is 74.6 Å². The Bertz CT molecular complexity index is 550. The molecule has 2 fully saturated rings. The molecule has 11 heteroatoms. The van der Waals surface area contributed by atoms with Crippen LogP contribution in [0, 0.1) is 0 Å². The lowest BCUT2D eigenvalue weighted by Crippen LogP contribution is -2.64. The number of hydrogen-bond donors (Lipinski definition) is 7. The first-order valence-corrected chi connectivity index (χ1v) is 13.1. The minimum absolute atomic E-state index is 0.321. The lowest BCUT2D eigenvalue weighted by atomic mass is 9.97. The average molecular weight is 511 g/mol. The quantitative estimate of drug-likeness (QED) is 0.134. The molecule has 0 aromatic rings. The number of aliphatic hydroxyl groups excluding tert-OH is 7. The van der Waals surface area contributed by atoms with Crippen molar-refractivity contribution in [2.75, 3.05) is 19.8 Å². The van der Waals surface area contributed by atoms with Crippen LogP contribution in [0.5, 0.6) is 0 Å². The molecule has 0 bridgehead atoms. The number of aliphatic hydroxyl groups is 7. The van der Waals surface area contributed by atoms with E-state index in [9.17, 15) is 35.7 Å². The lowest BCUT2D eigenvalue weighted by molar-refractivity contribution is -0.359. The van der Waals surface area contributed by atoms with Gasteiger partial charge in [0, 0.05) is 6.61 Å². The number of hydrogen-bond acceptors (Lipinski definition) is 11. The van der Waals surface area contributed by atoms with Crippen LogP contribution in [-0.4, -0.2) is 117 Å². The van der Waals surface area contributed by atoms with Gasteiger partial charge in [-0.15, -0.1) is 0 Å². The monoisotopic (exact) mass is 510 g/mol. The van der Waals surface area contributed by atoms with Gasteiger partial charge in [-0.2, -0.15) is 0 Å². The predicted octanol–water partition coefficient (Wildman–Crippen LogP) is -0.452. The van der Waals surface area contributed by atoms with Gasteiger partial charge in [0.2, 0.25) is 0 Å².